The Morgan fingerprint density at radius 2 is 1.86 bits per heavy atom. The number of hydrogen-bond donors (Lipinski definition) is 1. The third-order valence-corrected chi connectivity index (χ3v) is 4.43. The normalized spacial score (nSPS) is 23.1. The Balaban J connectivity index is 2.04. The van der Waals surface area contributed by atoms with E-state index in [9.17, 15) is 13.2 Å². The van der Waals surface area contributed by atoms with Gasteiger partial charge in [0, 0.05) is 16.8 Å². The van der Waals surface area contributed by atoms with Crippen LogP contribution in [-0.2, 0) is 6.18 Å². The molecule has 0 amide bonds. The van der Waals surface area contributed by atoms with Crippen molar-refractivity contribution in [1.29, 1.82) is 0 Å². The van der Waals surface area contributed by atoms with Gasteiger partial charge >= 0.3 is 6.18 Å². The molecule has 0 bridgehead atoms. The van der Waals surface area contributed by atoms with E-state index in [1.807, 2.05) is 0 Å². The van der Waals surface area contributed by atoms with Gasteiger partial charge in [0.15, 0.2) is 0 Å². The Hall–Kier alpha value is -0.900. The second-order valence-electron chi connectivity index (χ2n) is 5.84. The van der Waals surface area contributed by atoms with Crippen LogP contribution in [0.25, 0.3) is 0 Å². The Morgan fingerprint density at radius 3 is 2.43 bits per heavy atom. The summed E-state index contributed by atoms with van der Waals surface area (Å²) in [5.41, 5.74) is -0.531. The van der Waals surface area contributed by atoms with E-state index >= 15 is 0 Å². The van der Waals surface area contributed by atoms with Crippen LogP contribution in [0, 0.1) is 5.92 Å². The standard InChI is InChI=1S/C16H21ClF3N/c1-2-3-11-4-7-13(8-5-11)21-15-9-6-12(17)10-14(15)16(18,19)20/h6,9-11,13,21H,2-5,7-8H2,1H3. The molecule has 0 aliphatic heterocycles. The molecule has 0 aromatic heterocycles. The highest BCUT2D eigenvalue weighted by molar-refractivity contribution is 6.30. The molecule has 1 aliphatic rings. The molecule has 0 saturated heterocycles. The van der Waals surface area contributed by atoms with Gasteiger partial charge in [0.05, 0.1) is 5.56 Å². The molecular weight excluding hydrogens is 299 g/mol. The lowest BCUT2D eigenvalue weighted by atomic mass is 9.83. The van der Waals surface area contributed by atoms with Crippen LogP contribution in [0.2, 0.25) is 5.02 Å². The highest BCUT2D eigenvalue weighted by Crippen LogP contribution is 2.38. The molecule has 2 rings (SSSR count). The molecule has 0 heterocycles. The maximum Gasteiger partial charge on any atom is 0.418 e. The Bertz CT molecular complexity index is 465. The van der Waals surface area contributed by atoms with Crippen molar-refractivity contribution in [3.63, 3.8) is 0 Å². The van der Waals surface area contributed by atoms with Gasteiger partial charge in [0.1, 0.15) is 0 Å². The number of nitrogens with one attached hydrogen (secondary N) is 1. The first-order chi connectivity index (χ1) is 9.90. The fourth-order valence-electron chi connectivity index (χ4n) is 3.10. The predicted molar refractivity (Wildman–Crippen MR) is 80.7 cm³/mol. The summed E-state index contributed by atoms with van der Waals surface area (Å²) in [7, 11) is 0. The zero-order valence-corrected chi connectivity index (χ0v) is 12.9. The Kier molecular flexibility index (Phi) is 5.42. The maximum absolute atomic E-state index is 13.0. The van der Waals surface area contributed by atoms with E-state index in [1.165, 1.54) is 25.0 Å². The zero-order chi connectivity index (χ0) is 15.5. The molecular formula is C16H21ClF3N. The molecule has 0 spiro atoms. The lowest BCUT2D eigenvalue weighted by Crippen LogP contribution is -2.27. The molecule has 1 nitrogen and oxygen atoms in total. The lowest BCUT2D eigenvalue weighted by Gasteiger charge is -2.30. The van der Waals surface area contributed by atoms with Gasteiger partial charge in [0.25, 0.3) is 0 Å². The molecule has 1 aliphatic carbocycles. The molecule has 1 saturated carbocycles. The second kappa shape index (κ2) is 6.91. The number of hydrogen-bond acceptors (Lipinski definition) is 1. The maximum atomic E-state index is 13.0. The summed E-state index contributed by atoms with van der Waals surface area (Å²) >= 11 is 5.69. The summed E-state index contributed by atoms with van der Waals surface area (Å²) in [6.07, 6.45) is 2.09. The Labute approximate surface area is 128 Å². The van der Waals surface area contributed by atoms with Gasteiger partial charge in [-0.3, -0.25) is 0 Å². The minimum absolute atomic E-state index is 0.111. The van der Waals surface area contributed by atoms with Crippen LogP contribution in [0.1, 0.15) is 51.0 Å². The monoisotopic (exact) mass is 319 g/mol. The van der Waals surface area contributed by atoms with Gasteiger partial charge in [0.2, 0.25) is 0 Å². The summed E-state index contributed by atoms with van der Waals surface area (Å²) in [4.78, 5) is 0. The van der Waals surface area contributed by atoms with Gasteiger partial charge in [-0.25, -0.2) is 0 Å². The molecule has 5 heteroatoms. The number of halogens is 4. The van der Waals surface area contributed by atoms with Crippen LogP contribution in [0.3, 0.4) is 0 Å². The van der Waals surface area contributed by atoms with Gasteiger partial charge < -0.3 is 5.32 Å². The van der Waals surface area contributed by atoms with E-state index in [-0.39, 0.29) is 16.8 Å². The third kappa shape index (κ3) is 4.53. The molecule has 118 valence electrons. The summed E-state index contributed by atoms with van der Waals surface area (Å²) in [6.45, 7) is 2.17. The van der Waals surface area contributed by atoms with Crippen molar-refractivity contribution in [3.8, 4) is 0 Å². The van der Waals surface area contributed by atoms with Crippen LogP contribution in [0.15, 0.2) is 18.2 Å². The van der Waals surface area contributed by atoms with Crippen molar-refractivity contribution >= 4 is 17.3 Å². The molecule has 1 N–H and O–H groups in total. The first-order valence-electron chi connectivity index (χ1n) is 7.53. The zero-order valence-electron chi connectivity index (χ0n) is 12.1. The molecule has 0 atom stereocenters. The molecule has 21 heavy (non-hydrogen) atoms. The summed E-state index contributed by atoms with van der Waals surface area (Å²) < 4.78 is 39.1. The highest BCUT2D eigenvalue weighted by atomic mass is 35.5. The first kappa shape index (κ1) is 16.5. The summed E-state index contributed by atoms with van der Waals surface area (Å²) in [5.74, 6) is 0.736. The van der Waals surface area contributed by atoms with Crippen molar-refractivity contribution in [3.05, 3.63) is 28.8 Å². The largest absolute Gasteiger partial charge is 0.418 e. The fourth-order valence-corrected chi connectivity index (χ4v) is 3.27. The van der Waals surface area contributed by atoms with E-state index in [0.717, 1.165) is 37.7 Å². The van der Waals surface area contributed by atoms with Crippen molar-refractivity contribution in [2.75, 3.05) is 5.32 Å². The van der Waals surface area contributed by atoms with E-state index in [1.54, 1.807) is 0 Å². The quantitative estimate of drug-likeness (QED) is 0.704. The van der Waals surface area contributed by atoms with Gasteiger partial charge in [-0.05, 0) is 49.8 Å². The van der Waals surface area contributed by atoms with E-state index < -0.39 is 11.7 Å². The third-order valence-electron chi connectivity index (χ3n) is 4.19. The van der Waals surface area contributed by atoms with Gasteiger partial charge in [-0.15, -0.1) is 0 Å². The van der Waals surface area contributed by atoms with Crippen LogP contribution in [-0.4, -0.2) is 6.04 Å². The molecule has 1 fully saturated rings. The number of rotatable bonds is 4. The average Bonchev–Trinajstić information content (AvgIpc) is 2.42. The first-order valence-corrected chi connectivity index (χ1v) is 7.91. The van der Waals surface area contributed by atoms with Gasteiger partial charge in [-0.2, -0.15) is 13.2 Å². The van der Waals surface area contributed by atoms with Crippen molar-refractivity contribution < 1.29 is 13.2 Å². The second-order valence-corrected chi connectivity index (χ2v) is 6.27. The Morgan fingerprint density at radius 1 is 1.19 bits per heavy atom. The van der Waals surface area contributed by atoms with Crippen LogP contribution in [0.5, 0.6) is 0 Å². The summed E-state index contributed by atoms with van der Waals surface area (Å²) in [5, 5.41) is 3.18. The topological polar surface area (TPSA) is 12.0 Å². The fraction of sp³-hybridized carbons (Fsp3) is 0.625. The number of alkyl halides is 3. The van der Waals surface area contributed by atoms with Gasteiger partial charge in [-0.1, -0.05) is 31.4 Å². The lowest BCUT2D eigenvalue weighted by molar-refractivity contribution is -0.137. The molecule has 0 unspecified atom stereocenters. The van der Waals surface area contributed by atoms with Crippen LogP contribution in [0.4, 0.5) is 18.9 Å². The number of anilines is 1. The molecule has 1 aromatic rings. The van der Waals surface area contributed by atoms with Crippen molar-refractivity contribution in [1.82, 2.24) is 0 Å². The average molecular weight is 320 g/mol. The van der Waals surface area contributed by atoms with Crippen molar-refractivity contribution in [2.45, 2.75) is 57.7 Å². The van der Waals surface area contributed by atoms with E-state index in [2.05, 4.69) is 12.2 Å². The minimum atomic E-state index is -4.38. The van der Waals surface area contributed by atoms with Crippen LogP contribution >= 0.6 is 11.6 Å². The smallest absolute Gasteiger partial charge is 0.382 e. The molecule has 0 radical (unpaired) electrons. The van der Waals surface area contributed by atoms with E-state index in [0.29, 0.717) is 0 Å². The SMILES string of the molecule is CCCC1CCC(Nc2ccc(Cl)cc2C(F)(F)F)CC1. The molecule has 1 aromatic carbocycles. The predicted octanol–water partition coefficient (Wildman–Crippen LogP) is 6.13. The van der Waals surface area contributed by atoms with Crippen molar-refractivity contribution in [2.24, 2.45) is 5.92 Å². The highest BCUT2D eigenvalue weighted by Gasteiger charge is 2.34. The van der Waals surface area contributed by atoms with E-state index in [4.69, 9.17) is 11.6 Å². The minimum Gasteiger partial charge on any atom is -0.382 e. The summed E-state index contributed by atoms with van der Waals surface area (Å²) in [6, 6.07) is 4.05. The van der Waals surface area contributed by atoms with Crippen LogP contribution < -0.4 is 5.32 Å². The number of benzene rings is 1.